The molecule has 1 saturated heterocycles. The second kappa shape index (κ2) is 7.01. The fourth-order valence-corrected chi connectivity index (χ4v) is 4.12. The van der Waals surface area contributed by atoms with Gasteiger partial charge >= 0.3 is 0 Å². The molecule has 3 heteroatoms. The number of hydrogen-bond acceptors (Lipinski definition) is 3. The van der Waals surface area contributed by atoms with Crippen LogP contribution in [0.15, 0.2) is 23.2 Å². The van der Waals surface area contributed by atoms with Gasteiger partial charge in [-0.1, -0.05) is 6.42 Å². The minimum atomic E-state index is 1.13. The van der Waals surface area contributed by atoms with Crippen molar-refractivity contribution in [3.8, 4) is 0 Å². The summed E-state index contributed by atoms with van der Waals surface area (Å²) in [7, 11) is 0. The Kier molecular flexibility index (Phi) is 5.04. The molecule has 2 nitrogen and oxygen atoms in total. The first-order chi connectivity index (χ1) is 10.6. The Bertz CT molecular complexity index is 660. The van der Waals surface area contributed by atoms with Crippen LogP contribution in [-0.4, -0.2) is 35.3 Å². The van der Waals surface area contributed by atoms with E-state index in [4.69, 9.17) is 4.98 Å². The van der Waals surface area contributed by atoms with E-state index in [1.54, 1.807) is 0 Å². The second-order valence-corrected chi connectivity index (χ2v) is 7.57. The standard InChI is InChI=1S/C19H26N2S/c1-14-11-17-12-16(3)19(20-18(17)13-15(14)2)22-10-9-21-7-5-4-6-8-21/h11-13H,4-10H2,1-3H3. The van der Waals surface area contributed by atoms with Gasteiger partial charge in [0.1, 0.15) is 0 Å². The van der Waals surface area contributed by atoms with Gasteiger partial charge in [0.15, 0.2) is 0 Å². The molecule has 1 fully saturated rings. The number of thioether (sulfide) groups is 1. The lowest BCUT2D eigenvalue weighted by molar-refractivity contribution is 0.242. The molecule has 0 amide bonds. The van der Waals surface area contributed by atoms with E-state index in [0.717, 1.165) is 11.3 Å². The molecule has 1 aromatic carbocycles. The number of pyridine rings is 1. The summed E-state index contributed by atoms with van der Waals surface area (Å²) in [6.45, 7) is 10.3. The van der Waals surface area contributed by atoms with Crippen molar-refractivity contribution in [1.29, 1.82) is 0 Å². The van der Waals surface area contributed by atoms with Gasteiger partial charge in [-0.15, -0.1) is 11.8 Å². The SMILES string of the molecule is Cc1cc2cc(C)c(SCCN3CCCCC3)nc2cc1C. The third-order valence-corrected chi connectivity index (χ3v) is 5.74. The number of hydrogen-bond donors (Lipinski definition) is 0. The molecule has 22 heavy (non-hydrogen) atoms. The first-order valence-corrected chi connectivity index (χ1v) is 9.36. The van der Waals surface area contributed by atoms with Crippen LogP contribution in [0.25, 0.3) is 10.9 Å². The average Bonchev–Trinajstić information content (AvgIpc) is 2.51. The monoisotopic (exact) mass is 314 g/mol. The molecule has 0 spiro atoms. The van der Waals surface area contributed by atoms with Gasteiger partial charge < -0.3 is 4.90 Å². The number of aromatic nitrogens is 1. The van der Waals surface area contributed by atoms with Crippen LogP contribution in [-0.2, 0) is 0 Å². The average molecular weight is 314 g/mol. The van der Waals surface area contributed by atoms with E-state index in [9.17, 15) is 0 Å². The van der Waals surface area contributed by atoms with Crippen LogP contribution in [0.3, 0.4) is 0 Å². The van der Waals surface area contributed by atoms with Crippen molar-refractivity contribution in [2.45, 2.75) is 45.1 Å². The third kappa shape index (κ3) is 3.64. The molecular formula is C19H26N2S. The Hall–Kier alpha value is -1.06. The lowest BCUT2D eigenvalue weighted by atomic mass is 10.1. The number of fused-ring (bicyclic) bond motifs is 1. The molecule has 0 N–H and O–H groups in total. The minimum Gasteiger partial charge on any atom is -0.303 e. The highest BCUT2D eigenvalue weighted by Gasteiger charge is 2.11. The smallest absolute Gasteiger partial charge is 0.0997 e. The van der Waals surface area contributed by atoms with Crippen LogP contribution in [0, 0.1) is 20.8 Å². The zero-order chi connectivity index (χ0) is 15.5. The van der Waals surface area contributed by atoms with Gasteiger partial charge in [-0.25, -0.2) is 4.98 Å². The van der Waals surface area contributed by atoms with Crippen LogP contribution in [0.1, 0.15) is 36.0 Å². The molecule has 1 aliphatic heterocycles. The quantitative estimate of drug-likeness (QED) is 0.758. The Labute approximate surface area is 138 Å². The van der Waals surface area contributed by atoms with Crippen LogP contribution in [0.2, 0.25) is 0 Å². The van der Waals surface area contributed by atoms with Gasteiger partial charge in [-0.05, 0) is 81.6 Å². The highest BCUT2D eigenvalue weighted by Crippen LogP contribution is 2.26. The molecular weight excluding hydrogens is 288 g/mol. The van der Waals surface area contributed by atoms with Crippen LogP contribution in [0.5, 0.6) is 0 Å². The number of piperidine rings is 1. The van der Waals surface area contributed by atoms with Gasteiger partial charge in [0, 0.05) is 17.7 Å². The molecule has 1 aliphatic rings. The summed E-state index contributed by atoms with van der Waals surface area (Å²) in [5.41, 5.74) is 5.11. The van der Waals surface area contributed by atoms with Crippen molar-refractivity contribution < 1.29 is 0 Å². The molecule has 3 rings (SSSR count). The number of nitrogens with zero attached hydrogens (tertiary/aromatic N) is 2. The zero-order valence-electron chi connectivity index (χ0n) is 14.0. The second-order valence-electron chi connectivity index (χ2n) is 6.49. The molecule has 2 heterocycles. The third-order valence-electron chi connectivity index (χ3n) is 4.67. The molecule has 2 aromatic rings. The van der Waals surface area contributed by atoms with Crippen LogP contribution >= 0.6 is 11.8 Å². The summed E-state index contributed by atoms with van der Waals surface area (Å²) in [5, 5.41) is 2.47. The highest BCUT2D eigenvalue weighted by molar-refractivity contribution is 7.99. The van der Waals surface area contributed by atoms with Crippen molar-refractivity contribution in [2.24, 2.45) is 0 Å². The molecule has 118 valence electrons. The maximum atomic E-state index is 4.90. The van der Waals surface area contributed by atoms with Gasteiger partial charge in [-0.2, -0.15) is 0 Å². The highest BCUT2D eigenvalue weighted by atomic mass is 32.2. The van der Waals surface area contributed by atoms with E-state index in [2.05, 4.69) is 43.9 Å². The molecule has 0 saturated carbocycles. The van der Waals surface area contributed by atoms with Crippen molar-refractivity contribution in [3.05, 3.63) is 34.9 Å². The van der Waals surface area contributed by atoms with Crippen molar-refractivity contribution in [1.82, 2.24) is 9.88 Å². The topological polar surface area (TPSA) is 16.1 Å². The maximum Gasteiger partial charge on any atom is 0.0997 e. The lowest BCUT2D eigenvalue weighted by Gasteiger charge is -2.26. The van der Waals surface area contributed by atoms with Gasteiger partial charge in [-0.3, -0.25) is 0 Å². The van der Waals surface area contributed by atoms with Gasteiger partial charge in [0.25, 0.3) is 0 Å². The predicted molar refractivity (Wildman–Crippen MR) is 97.0 cm³/mol. The number of aryl methyl sites for hydroxylation is 3. The Morgan fingerprint density at radius 1 is 0.955 bits per heavy atom. The minimum absolute atomic E-state index is 1.13. The maximum absolute atomic E-state index is 4.90. The normalized spacial score (nSPS) is 16.3. The molecule has 0 aliphatic carbocycles. The van der Waals surface area contributed by atoms with E-state index in [1.165, 1.54) is 66.0 Å². The molecule has 0 unspecified atom stereocenters. The number of rotatable bonds is 4. The van der Waals surface area contributed by atoms with Gasteiger partial charge in [0.2, 0.25) is 0 Å². The predicted octanol–water partition coefficient (Wildman–Crippen LogP) is 4.74. The number of benzene rings is 1. The van der Waals surface area contributed by atoms with Crippen molar-refractivity contribution >= 4 is 22.7 Å². The Balaban J connectivity index is 1.70. The Morgan fingerprint density at radius 3 is 2.41 bits per heavy atom. The van der Waals surface area contributed by atoms with E-state index in [-0.39, 0.29) is 0 Å². The molecule has 0 radical (unpaired) electrons. The van der Waals surface area contributed by atoms with Gasteiger partial charge in [0.05, 0.1) is 10.5 Å². The summed E-state index contributed by atoms with van der Waals surface area (Å²) in [6.07, 6.45) is 4.15. The Morgan fingerprint density at radius 2 is 1.64 bits per heavy atom. The van der Waals surface area contributed by atoms with E-state index in [0.29, 0.717) is 0 Å². The van der Waals surface area contributed by atoms with Crippen molar-refractivity contribution in [3.63, 3.8) is 0 Å². The van der Waals surface area contributed by atoms with E-state index in [1.807, 2.05) is 11.8 Å². The molecule has 0 atom stereocenters. The fourth-order valence-electron chi connectivity index (χ4n) is 3.13. The number of likely N-dealkylation sites (tertiary alicyclic amines) is 1. The van der Waals surface area contributed by atoms with Crippen molar-refractivity contribution in [2.75, 3.05) is 25.4 Å². The summed E-state index contributed by atoms with van der Waals surface area (Å²) >= 11 is 1.91. The van der Waals surface area contributed by atoms with Crippen LogP contribution < -0.4 is 0 Å². The zero-order valence-corrected chi connectivity index (χ0v) is 14.8. The summed E-state index contributed by atoms with van der Waals surface area (Å²) in [4.78, 5) is 7.50. The molecule has 1 aromatic heterocycles. The first kappa shape index (κ1) is 15.8. The summed E-state index contributed by atoms with van der Waals surface area (Å²) in [6, 6.07) is 6.77. The summed E-state index contributed by atoms with van der Waals surface area (Å²) < 4.78 is 0. The fraction of sp³-hybridized carbons (Fsp3) is 0.526. The van der Waals surface area contributed by atoms with Crippen LogP contribution in [0.4, 0.5) is 0 Å². The lowest BCUT2D eigenvalue weighted by Crippen LogP contribution is -2.31. The molecule has 0 bridgehead atoms. The largest absolute Gasteiger partial charge is 0.303 e. The summed E-state index contributed by atoms with van der Waals surface area (Å²) in [5.74, 6) is 1.14. The van der Waals surface area contributed by atoms with E-state index >= 15 is 0 Å². The first-order valence-electron chi connectivity index (χ1n) is 8.37. The van der Waals surface area contributed by atoms with E-state index < -0.39 is 0 Å².